The van der Waals surface area contributed by atoms with Crippen molar-refractivity contribution in [2.75, 3.05) is 5.32 Å². The minimum Gasteiger partial charge on any atom is -0.508 e. The molecule has 2 heterocycles. The van der Waals surface area contributed by atoms with E-state index < -0.39 is 0 Å². The molecule has 3 aromatic rings. The number of rotatable bonds is 4. The van der Waals surface area contributed by atoms with E-state index in [9.17, 15) is 5.11 Å². The number of phenols is 1. The maximum Gasteiger partial charge on any atom is 0.234 e. The Morgan fingerprint density at radius 1 is 1.25 bits per heavy atom. The van der Waals surface area contributed by atoms with E-state index in [1.165, 1.54) is 11.3 Å². The zero-order chi connectivity index (χ0) is 14.1. The van der Waals surface area contributed by atoms with Crippen molar-refractivity contribution in [2.45, 2.75) is 26.3 Å². The molecule has 3 rings (SSSR count). The lowest BCUT2D eigenvalue weighted by molar-refractivity contribution is 0.475. The van der Waals surface area contributed by atoms with E-state index in [0.29, 0.717) is 12.5 Å². The van der Waals surface area contributed by atoms with Gasteiger partial charge in [0.25, 0.3) is 0 Å². The van der Waals surface area contributed by atoms with Crippen LogP contribution in [-0.4, -0.2) is 24.9 Å². The number of benzene rings is 1. The summed E-state index contributed by atoms with van der Waals surface area (Å²) in [6, 6.07) is 6.96. The molecule has 20 heavy (non-hydrogen) atoms. The van der Waals surface area contributed by atoms with Gasteiger partial charge in [0, 0.05) is 11.6 Å². The predicted octanol–water partition coefficient (Wildman–Crippen LogP) is 2.63. The van der Waals surface area contributed by atoms with Crippen molar-refractivity contribution in [3.05, 3.63) is 35.1 Å². The molecule has 0 aliphatic carbocycles. The number of nitrogens with one attached hydrogen (secondary N) is 1. The average Bonchev–Trinajstić information content (AvgIpc) is 2.97. The van der Waals surface area contributed by atoms with Crippen molar-refractivity contribution >= 4 is 22.0 Å². The van der Waals surface area contributed by atoms with Crippen molar-refractivity contribution in [1.82, 2.24) is 19.8 Å². The summed E-state index contributed by atoms with van der Waals surface area (Å²) in [6.45, 7) is 4.77. The molecule has 0 amide bonds. The minimum atomic E-state index is 0.260. The van der Waals surface area contributed by atoms with Gasteiger partial charge in [0.05, 0.1) is 6.54 Å². The summed E-state index contributed by atoms with van der Waals surface area (Å²) in [7, 11) is 0. The quantitative estimate of drug-likeness (QED) is 0.722. The first-order valence-corrected chi connectivity index (χ1v) is 7.19. The normalized spacial score (nSPS) is 11.3. The molecule has 0 saturated heterocycles. The number of fused-ring (bicyclic) bond motifs is 1. The molecule has 0 atom stereocenters. The minimum absolute atomic E-state index is 0.260. The highest BCUT2D eigenvalue weighted by Gasteiger charge is 2.13. The third-order valence-electron chi connectivity index (χ3n) is 2.88. The van der Waals surface area contributed by atoms with Gasteiger partial charge in [-0.15, -0.1) is 10.2 Å². The van der Waals surface area contributed by atoms with Gasteiger partial charge in [-0.3, -0.25) is 0 Å². The Kier molecular flexibility index (Phi) is 3.27. The first kappa shape index (κ1) is 12.9. The van der Waals surface area contributed by atoms with Gasteiger partial charge >= 0.3 is 0 Å². The Balaban J connectivity index is 1.76. The lowest BCUT2D eigenvalue weighted by atomic mass is 10.2. The molecule has 0 aliphatic rings. The summed E-state index contributed by atoms with van der Waals surface area (Å²) >= 11 is 1.52. The summed E-state index contributed by atoms with van der Waals surface area (Å²) in [5, 5.41) is 26.2. The fraction of sp³-hybridized carbons (Fsp3) is 0.308. The first-order valence-electron chi connectivity index (χ1n) is 6.37. The summed E-state index contributed by atoms with van der Waals surface area (Å²) in [4.78, 5) is 0.816. The molecule has 0 bridgehead atoms. The molecule has 0 spiro atoms. The van der Waals surface area contributed by atoms with Gasteiger partial charge in [-0.1, -0.05) is 25.2 Å². The smallest absolute Gasteiger partial charge is 0.234 e. The number of aromatic hydroxyl groups is 1. The third kappa shape index (κ3) is 2.44. The predicted molar refractivity (Wildman–Crippen MR) is 78.2 cm³/mol. The van der Waals surface area contributed by atoms with Gasteiger partial charge in [-0.05, 0) is 24.3 Å². The zero-order valence-electron chi connectivity index (χ0n) is 11.2. The van der Waals surface area contributed by atoms with Crippen LogP contribution in [0.1, 0.15) is 30.6 Å². The highest BCUT2D eigenvalue weighted by Crippen LogP contribution is 2.20. The second kappa shape index (κ2) is 5.09. The molecule has 2 N–H and O–H groups in total. The molecule has 0 fully saturated rings. The van der Waals surface area contributed by atoms with Crippen molar-refractivity contribution in [2.24, 2.45) is 0 Å². The van der Waals surface area contributed by atoms with E-state index in [1.54, 1.807) is 12.1 Å². The lowest BCUT2D eigenvalue weighted by Crippen LogP contribution is -2.02. The Morgan fingerprint density at radius 2 is 2.00 bits per heavy atom. The maximum absolute atomic E-state index is 9.24. The van der Waals surface area contributed by atoms with Gasteiger partial charge in [0.15, 0.2) is 5.82 Å². The Bertz CT molecular complexity index is 716. The Morgan fingerprint density at radius 3 is 2.70 bits per heavy atom. The number of hydrogen-bond acceptors (Lipinski definition) is 6. The number of phenolic OH excluding ortho intramolecular Hbond substituents is 1. The molecule has 1 aromatic carbocycles. The number of hydrogen-bond donors (Lipinski definition) is 2. The molecule has 7 heteroatoms. The van der Waals surface area contributed by atoms with Crippen LogP contribution in [0, 0.1) is 0 Å². The van der Waals surface area contributed by atoms with E-state index in [1.807, 2.05) is 16.6 Å². The SMILES string of the molecule is CC(C)c1nnc2sc(CNc3ccc(O)cc3)nn12. The van der Waals surface area contributed by atoms with Crippen LogP contribution in [-0.2, 0) is 6.54 Å². The molecule has 0 radical (unpaired) electrons. The number of aromatic nitrogens is 4. The molecule has 0 unspecified atom stereocenters. The molecule has 2 aromatic heterocycles. The van der Waals surface area contributed by atoms with E-state index >= 15 is 0 Å². The summed E-state index contributed by atoms with van der Waals surface area (Å²) in [5.74, 6) is 1.44. The summed E-state index contributed by atoms with van der Waals surface area (Å²) in [6.07, 6.45) is 0. The topological polar surface area (TPSA) is 75.3 Å². The Hall–Kier alpha value is -2.15. The third-order valence-corrected chi connectivity index (χ3v) is 3.78. The van der Waals surface area contributed by atoms with Crippen LogP contribution in [0.25, 0.3) is 4.96 Å². The van der Waals surface area contributed by atoms with Crippen LogP contribution in [0.2, 0.25) is 0 Å². The van der Waals surface area contributed by atoms with Crippen molar-refractivity contribution in [1.29, 1.82) is 0 Å². The Labute approximate surface area is 120 Å². The summed E-state index contributed by atoms with van der Waals surface area (Å²) in [5.41, 5.74) is 0.942. The lowest BCUT2D eigenvalue weighted by Gasteiger charge is -2.03. The van der Waals surface area contributed by atoms with Gasteiger partial charge in [0.2, 0.25) is 4.96 Å². The van der Waals surface area contributed by atoms with E-state index in [0.717, 1.165) is 21.5 Å². The molecular weight excluding hydrogens is 274 g/mol. The van der Waals surface area contributed by atoms with Gasteiger partial charge in [-0.25, -0.2) is 0 Å². The monoisotopic (exact) mass is 289 g/mol. The van der Waals surface area contributed by atoms with Crippen LogP contribution < -0.4 is 5.32 Å². The van der Waals surface area contributed by atoms with Crippen molar-refractivity contribution in [3.8, 4) is 5.75 Å². The van der Waals surface area contributed by atoms with E-state index in [4.69, 9.17) is 0 Å². The molecular formula is C13H15N5OS. The van der Waals surface area contributed by atoms with Crippen molar-refractivity contribution < 1.29 is 5.11 Å². The highest BCUT2D eigenvalue weighted by atomic mass is 32.1. The standard InChI is InChI=1S/C13H15N5OS/c1-8(2)12-15-16-13-18(12)17-11(20-13)7-14-9-3-5-10(19)6-4-9/h3-6,8,14,19H,7H2,1-2H3. The number of anilines is 1. The van der Waals surface area contributed by atoms with Gasteiger partial charge in [0.1, 0.15) is 10.8 Å². The molecule has 0 saturated carbocycles. The van der Waals surface area contributed by atoms with Gasteiger partial charge in [-0.2, -0.15) is 9.61 Å². The van der Waals surface area contributed by atoms with Crippen LogP contribution >= 0.6 is 11.3 Å². The van der Waals surface area contributed by atoms with Crippen LogP contribution in [0.4, 0.5) is 5.69 Å². The van der Waals surface area contributed by atoms with Crippen LogP contribution in [0.3, 0.4) is 0 Å². The molecule has 6 nitrogen and oxygen atoms in total. The highest BCUT2D eigenvalue weighted by molar-refractivity contribution is 7.16. The number of nitrogens with zero attached hydrogens (tertiary/aromatic N) is 4. The first-order chi connectivity index (χ1) is 9.63. The van der Waals surface area contributed by atoms with E-state index in [2.05, 4.69) is 34.5 Å². The maximum atomic E-state index is 9.24. The second-order valence-electron chi connectivity index (χ2n) is 4.80. The van der Waals surface area contributed by atoms with Crippen LogP contribution in [0.5, 0.6) is 5.75 Å². The fourth-order valence-corrected chi connectivity index (χ4v) is 2.64. The van der Waals surface area contributed by atoms with Crippen molar-refractivity contribution in [3.63, 3.8) is 0 Å². The zero-order valence-corrected chi connectivity index (χ0v) is 12.1. The average molecular weight is 289 g/mol. The second-order valence-corrected chi connectivity index (χ2v) is 5.84. The fourth-order valence-electron chi connectivity index (χ4n) is 1.86. The van der Waals surface area contributed by atoms with Gasteiger partial charge < -0.3 is 10.4 Å². The summed E-state index contributed by atoms with van der Waals surface area (Å²) < 4.78 is 1.81. The molecule has 0 aliphatic heterocycles. The van der Waals surface area contributed by atoms with E-state index in [-0.39, 0.29) is 5.75 Å². The molecule has 104 valence electrons. The largest absolute Gasteiger partial charge is 0.508 e. The van der Waals surface area contributed by atoms with Crippen LogP contribution in [0.15, 0.2) is 24.3 Å².